The van der Waals surface area contributed by atoms with Crippen molar-refractivity contribution in [2.24, 2.45) is 0 Å². The number of halogens is 1. The van der Waals surface area contributed by atoms with Crippen LogP contribution in [0.2, 0.25) is 0 Å². The second kappa shape index (κ2) is 7.38. The highest BCUT2D eigenvalue weighted by Gasteiger charge is 2.16. The Balaban J connectivity index is 1.50. The lowest BCUT2D eigenvalue weighted by Crippen LogP contribution is -2.09. The molecule has 3 rings (SSSR count). The highest BCUT2D eigenvalue weighted by molar-refractivity contribution is 5.72. The first kappa shape index (κ1) is 15.7. The van der Waals surface area contributed by atoms with E-state index in [2.05, 4.69) is 17.4 Å². The predicted molar refractivity (Wildman–Crippen MR) is 86.6 cm³/mol. The molecule has 1 heterocycles. The normalized spacial score (nSPS) is 17.2. The van der Waals surface area contributed by atoms with E-state index in [9.17, 15) is 9.18 Å². The molecule has 2 aromatic carbocycles. The molecule has 0 saturated carbocycles. The molecule has 120 valence electrons. The van der Waals surface area contributed by atoms with Crippen molar-refractivity contribution in [3.8, 4) is 0 Å². The number of carbonyl (C=O) groups is 1. The summed E-state index contributed by atoms with van der Waals surface area (Å²) in [4.78, 5) is 11.9. The lowest BCUT2D eigenvalue weighted by molar-refractivity contribution is -0.144. The van der Waals surface area contributed by atoms with Crippen LogP contribution in [0.1, 0.15) is 29.0 Å². The summed E-state index contributed by atoms with van der Waals surface area (Å²) < 4.78 is 18.0. The van der Waals surface area contributed by atoms with E-state index in [4.69, 9.17) is 4.74 Å². The molecule has 0 amide bonds. The summed E-state index contributed by atoms with van der Waals surface area (Å²) in [7, 11) is 0. The summed E-state index contributed by atoms with van der Waals surface area (Å²) in [5.74, 6) is 0.0108. The minimum Gasteiger partial charge on any atom is -0.461 e. The van der Waals surface area contributed by atoms with Crippen LogP contribution in [0.25, 0.3) is 0 Å². The van der Waals surface area contributed by atoms with E-state index in [-0.39, 0.29) is 24.8 Å². The van der Waals surface area contributed by atoms with Crippen LogP contribution in [0.5, 0.6) is 0 Å². The number of hydrogen-bond acceptors (Lipinski definition) is 3. The molecule has 0 aromatic heterocycles. The molecule has 1 fully saturated rings. The summed E-state index contributed by atoms with van der Waals surface area (Å²) in [5, 5.41) is 3.36. The quantitative estimate of drug-likeness (QED) is 0.862. The monoisotopic (exact) mass is 313 g/mol. The van der Waals surface area contributed by atoms with Crippen molar-refractivity contribution in [2.45, 2.75) is 25.4 Å². The largest absolute Gasteiger partial charge is 0.461 e. The maximum Gasteiger partial charge on any atom is 0.310 e. The molecule has 1 atom stereocenters. The van der Waals surface area contributed by atoms with Crippen LogP contribution in [0.4, 0.5) is 4.39 Å². The smallest absolute Gasteiger partial charge is 0.310 e. The molecular formula is C19H20FNO2. The molecule has 0 spiro atoms. The molecule has 4 heteroatoms. The molecule has 1 saturated heterocycles. The van der Waals surface area contributed by atoms with Crippen LogP contribution >= 0.6 is 0 Å². The summed E-state index contributed by atoms with van der Waals surface area (Å²) in [6.45, 7) is 2.27. The molecule has 3 nitrogen and oxygen atoms in total. The SMILES string of the molecule is O=C(Cc1ccc(C2CCNC2)cc1)OCc1ccc(F)cc1. The van der Waals surface area contributed by atoms with Crippen molar-refractivity contribution >= 4 is 5.97 Å². The Bertz CT molecular complexity index is 646. The van der Waals surface area contributed by atoms with Crippen LogP contribution in [-0.4, -0.2) is 19.1 Å². The first-order valence-corrected chi connectivity index (χ1v) is 7.90. The average molecular weight is 313 g/mol. The van der Waals surface area contributed by atoms with Gasteiger partial charge in [0.25, 0.3) is 0 Å². The number of esters is 1. The van der Waals surface area contributed by atoms with Crippen molar-refractivity contribution < 1.29 is 13.9 Å². The molecule has 0 radical (unpaired) electrons. The van der Waals surface area contributed by atoms with E-state index >= 15 is 0 Å². The highest BCUT2D eigenvalue weighted by atomic mass is 19.1. The van der Waals surface area contributed by atoms with Gasteiger partial charge in [-0.3, -0.25) is 4.79 Å². The number of hydrogen-bond donors (Lipinski definition) is 1. The van der Waals surface area contributed by atoms with Crippen molar-refractivity contribution in [1.82, 2.24) is 5.32 Å². The maximum atomic E-state index is 12.8. The van der Waals surface area contributed by atoms with E-state index in [1.54, 1.807) is 12.1 Å². The fourth-order valence-electron chi connectivity index (χ4n) is 2.81. The number of ether oxygens (including phenoxy) is 1. The minimum atomic E-state index is -0.294. The topological polar surface area (TPSA) is 38.3 Å². The second-order valence-corrected chi connectivity index (χ2v) is 5.90. The van der Waals surface area contributed by atoms with Crippen molar-refractivity contribution in [1.29, 1.82) is 0 Å². The zero-order chi connectivity index (χ0) is 16.1. The molecule has 2 aromatic rings. The molecule has 0 aliphatic carbocycles. The Kier molecular flexibility index (Phi) is 5.03. The number of rotatable bonds is 5. The third-order valence-corrected chi connectivity index (χ3v) is 4.17. The van der Waals surface area contributed by atoms with Crippen LogP contribution in [0.15, 0.2) is 48.5 Å². The van der Waals surface area contributed by atoms with Crippen LogP contribution in [0, 0.1) is 5.82 Å². The fraction of sp³-hybridized carbons (Fsp3) is 0.316. The third kappa shape index (κ3) is 4.39. The van der Waals surface area contributed by atoms with Gasteiger partial charge in [-0.15, -0.1) is 0 Å². The summed E-state index contributed by atoms with van der Waals surface area (Å²) in [6.07, 6.45) is 1.42. The molecule has 1 aliphatic heterocycles. The van der Waals surface area contributed by atoms with Crippen molar-refractivity contribution in [3.63, 3.8) is 0 Å². The van der Waals surface area contributed by atoms with Gasteiger partial charge in [0.1, 0.15) is 12.4 Å². The zero-order valence-electron chi connectivity index (χ0n) is 12.9. The van der Waals surface area contributed by atoms with Gasteiger partial charge in [0.15, 0.2) is 0 Å². The van der Waals surface area contributed by atoms with Gasteiger partial charge in [-0.25, -0.2) is 4.39 Å². The van der Waals surface area contributed by atoms with Gasteiger partial charge < -0.3 is 10.1 Å². The highest BCUT2D eigenvalue weighted by Crippen LogP contribution is 2.22. The van der Waals surface area contributed by atoms with Gasteiger partial charge in [-0.2, -0.15) is 0 Å². The van der Waals surface area contributed by atoms with E-state index in [1.807, 2.05) is 12.1 Å². The van der Waals surface area contributed by atoms with Gasteiger partial charge in [0.05, 0.1) is 6.42 Å². The lowest BCUT2D eigenvalue weighted by Gasteiger charge is -2.10. The average Bonchev–Trinajstić information content (AvgIpc) is 3.09. The Hall–Kier alpha value is -2.20. The molecular weight excluding hydrogens is 293 g/mol. The summed E-state index contributed by atoms with van der Waals surface area (Å²) in [6, 6.07) is 14.1. The molecule has 23 heavy (non-hydrogen) atoms. The minimum absolute atomic E-state index is 0.172. The summed E-state index contributed by atoms with van der Waals surface area (Å²) in [5.41, 5.74) is 3.05. The number of carbonyl (C=O) groups excluding carboxylic acids is 1. The van der Waals surface area contributed by atoms with Gasteiger partial charge in [0.2, 0.25) is 0 Å². The Labute approximate surface area is 135 Å². The van der Waals surface area contributed by atoms with Crippen LogP contribution in [-0.2, 0) is 22.6 Å². The van der Waals surface area contributed by atoms with E-state index in [1.165, 1.54) is 24.1 Å². The molecule has 1 N–H and O–H groups in total. The predicted octanol–water partition coefficient (Wildman–Crippen LogP) is 3.19. The zero-order valence-corrected chi connectivity index (χ0v) is 12.9. The third-order valence-electron chi connectivity index (χ3n) is 4.17. The first-order valence-electron chi connectivity index (χ1n) is 7.90. The van der Waals surface area contributed by atoms with Crippen molar-refractivity contribution in [3.05, 3.63) is 71.0 Å². The molecule has 0 bridgehead atoms. The van der Waals surface area contributed by atoms with Gasteiger partial charge in [0, 0.05) is 6.54 Å². The molecule has 1 aliphatic rings. The van der Waals surface area contributed by atoms with E-state index in [0.717, 1.165) is 24.2 Å². The number of nitrogens with one attached hydrogen (secondary N) is 1. The number of benzene rings is 2. The van der Waals surface area contributed by atoms with Crippen LogP contribution < -0.4 is 5.32 Å². The van der Waals surface area contributed by atoms with E-state index < -0.39 is 0 Å². The van der Waals surface area contributed by atoms with Crippen molar-refractivity contribution in [2.75, 3.05) is 13.1 Å². The second-order valence-electron chi connectivity index (χ2n) is 5.90. The Morgan fingerprint density at radius 3 is 2.43 bits per heavy atom. The van der Waals surface area contributed by atoms with Crippen LogP contribution in [0.3, 0.4) is 0 Å². The maximum absolute atomic E-state index is 12.8. The van der Waals surface area contributed by atoms with Gasteiger partial charge in [-0.1, -0.05) is 36.4 Å². The Morgan fingerprint density at radius 2 is 1.78 bits per heavy atom. The standard InChI is InChI=1S/C19H20FNO2/c20-18-7-3-15(4-8-18)13-23-19(22)11-14-1-5-16(6-2-14)17-9-10-21-12-17/h1-8,17,21H,9-13H2. The van der Waals surface area contributed by atoms with Gasteiger partial charge >= 0.3 is 5.97 Å². The Morgan fingerprint density at radius 1 is 1.09 bits per heavy atom. The lowest BCUT2D eigenvalue weighted by atomic mass is 9.97. The van der Waals surface area contributed by atoms with E-state index in [0.29, 0.717) is 5.92 Å². The van der Waals surface area contributed by atoms with Gasteiger partial charge in [-0.05, 0) is 47.7 Å². The summed E-state index contributed by atoms with van der Waals surface area (Å²) >= 11 is 0. The first-order chi connectivity index (χ1) is 11.2. The fourth-order valence-corrected chi connectivity index (χ4v) is 2.81. The molecule has 1 unspecified atom stereocenters.